The van der Waals surface area contributed by atoms with E-state index in [9.17, 15) is 0 Å². The van der Waals surface area contributed by atoms with Gasteiger partial charge >= 0.3 is 0 Å². The number of rotatable bonds is 8. The van der Waals surface area contributed by atoms with Gasteiger partial charge in [-0.3, -0.25) is 0 Å². The normalized spacial score (nSPS) is 12.4. The van der Waals surface area contributed by atoms with E-state index in [4.69, 9.17) is 4.74 Å². The van der Waals surface area contributed by atoms with Crippen LogP contribution in [0.15, 0.2) is 24.4 Å². The summed E-state index contributed by atoms with van der Waals surface area (Å²) in [7, 11) is 1.97. The van der Waals surface area contributed by atoms with Crippen molar-refractivity contribution in [1.29, 1.82) is 0 Å². The van der Waals surface area contributed by atoms with Crippen molar-refractivity contribution in [3.8, 4) is 5.88 Å². The second-order valence-corrected chi connectivity index (χ2v) is 3.76. The van der Waals surface area contributed by atoms with Gasteiger partial charge in [-0.05, 0) is 39.5 Å². The predicted octanol–water partition coefficient (Wildman–Crippen LogP) is 1.05. The maximum Gasteiger partial charge on any atom is 0.213 e. The molecule has 2 N–H and O–H groups in total. The van der Waals surface area contributed by atoms with Crippen LogP contribution in [0.3, 0.4) is 0 Å². The molecular weight excluding hydrogens is 202 g/mol. The Balaban J connectivity index is 2.09. The van der Waals surface area contributed by atoms with Crippen LogP contribution in [-0.2, 0) is 0 Å². The van der Waals surface area contributed by atoms with Crippen molar-refractivity contribution < 1.29 is 4.74 Å². The van der Waals surface area contributed by atoms with Crippen LogP contribution in [-0.4, -0.2) is 37.8 Å². The van der Waals surface area contributed by atoms with Crippen molar-refractivity contribution in [3.05, 3.63) is 24.4 Å². The Morgan fingerprint density at radius 3 is 2.94 bits per heavy atom. The first-order valence-corrected chi connectivity index (χ1v) is 5.76. The molecule has 1 aromatic heterocycles. The van der Waals surface area contributed by atoms with Gasteiger partial charge in [0.05, 0.1) is 0 Å². The zero-order valence-electron chi connectivity index (χ0n) is 10.1. The van der Waals surface area contributed by atoms with Crippen LogP contribution < -0.4 is 15.4 Å². The van der Waals surface area contributed by atoms with Crippen LogP contribution in [0.4, 0.5) is 0 Å². The highest BCUT2D eigenvalue weighted by molar-refractivity contribution is 5.09. The molecule has 0 aliphatic carbocycles. The quantitative estimate of drug-likeness (QED) is 0.647. The van der Waals surface area contributed by atoms with Gasteiger partial charge in [0.1, 0.15) is 6.10 Å². The lowest BCUT2D eigenvalue weighted by atomic mass is 10.3. The van der Waals surface area contributed by atoms with Crippen molar-refractivity contribution in [2.24, 2.45) is 0 Å². The Kier molecular flexibility index (Phi) is 6.53. The third-order valence-corrected chi connectivity index (χ3v) is 2.17. The van der Waals surface area contributed by atoms with Crippen LogP contribution >= 0.6 is 0 Å². The molecule has 0 radical (unpaired) electrons. The minimum atomic E-state index is 0.143. The number of hydrogen-bond donors (Lipinski definition) is 2. The molecule has 1 atom stereocenters. The third-order valence-electron chi connectivity index (χ3n) is 2.17. The molecule has 1 unspecified atom stereocenters. The van der Waals surface area contributed by atoms with E-state index in [-0.39, 0.29) is 6.10 Å². The maximum absolute atomic E-state index is 5.63. The molecule has 0 amide bonds. The summed E-state index contributed by atoms with van der Waals surface area (Å²) in [6, 6.07) is 5.68. The van der Waals surface area contributed by atoms with E-state index in [1.807, 2.05) is 32.2 Å². The van der Waals surface area contributed by atoms with Crippen molar-refractivity contribution >= 4 is 0 Å². The smallest absolute Gasteiger partial charge is 0.213 e. The van der Waals surface area contributed by atoms with E-state index >= 15 is 0 Å². The number of nitrogens with one attached hydrogen (secondary N) is 2. The zero-order chi connectivity index (χ0) is 11.6. The van der Waals surface area contributed by atoms with Crippen molar-refractivity contribution in [3.63, 3.8) is 0 Å². The van der Waals surface area contributed by atoms with Crippen LogP contribution in [0.25, 0.3) is 0 Å². The summed E-state index contributed by atoms with van der Waals surface area (Å²) >= 11 is 0. The van der Waals surface area contributed by atoms with Crippen LogP contribution in [0.5, 0.6) is 5.88 Å². The van der Waals surface area contributed by atoms with Crippen LogP contribution in [0.2, 0.25) is 0 Å². The first kappa shape index (κ1) is 12.9. The molecule has 0 aromatic carbocycles. The van der Waals surface area contributed by atoms with Gasteiger partial charge in [0.25, 0.3) is 0 Å². The number of hydrogen-bond acceptors (Lipinski definition) is 4. The summed E-state index contributed by atoms with van der Waals surface area (Å²) in [4.78, 5) is 4.12. The minimum Gasteiger partial charge on any atom is -0.473 e. The summed E-state index contributed by atoms with van der Waals surface area (Å²) in [5.41, 5.74) is 0. The molecule has 0 aliphatic rings. The Labute approximate surface area is 97.4 Å². The standard InChI is InChI=1S/C12H21N3O/c1-11(10-14-8-5-7-13-2)16-12-6-3-4-9-15-12/h3-4,6,9,11,13-14H,5,7-8,10H2,1-2H3. The molecule has 1 aromatic rings. The highest BCUT2D eigenvalue weighted by Crippen LogP contribution is 2.05. The van der Waals surface area contributed by atoms with Gasteiger partial charge in [-0.2, -0.15) is 0 Å². The SMILES string of the molecule is CNCCCNCC(C)Oc1ccccn1. The Bertz CT molecular complexity index is 266. The topological polar surface area (TPSA) is 46.2 Å². The summed E-state index contributed by atoms with van der Waals surface area (Å²) < 4.78 is 5.63. The van der Waals surface area contributed by atoms with E-state index in [1.165, 1.54) is 0 Å². The maximum atomic E-state index is 5.63. The van der Waals surface area contributed by atoms with E-state index in [0.717, 1.165) is 26.1 Å². The fraction of sp³-hybridized carbons (Fsp3) is 0.583. The van der Waals surface area contributed by atoms with E-state index in [1.54, 1.807) is 6.20 Å². The Morgan fingerprint density at radius 2 is 2.25 bits per heavy atom. The van der Waals surface area contributed by atoms with Crippen LogP contribution in [0, 0.1) is 0 Å². The molecule has 0 aliphatic heterocycles. The fourth-order valence-corrected chi connectivity index (χ4v) is 1.36. The molecule has 0 spiro atoms. The molecule has 0 saturated heterocycles. The van der Waals surface area contributed by atoms with Gasteiger partial charge < -0.3 is 15.4 Å². The summed E-state index contributed by atoms with van der Waals surface area (Å²) in [5, 5.41) is 6.46. The molecule has 0 bridgehead atoms. The average Bonchev–Trinajstić information content (AvgIpc) is 2.30. The lowest BCUT2D eigenvalue weighted by Gasteiger charge is -2.14. The molecule has 0 fully saturated rings. The van der Waals surface area contributed by atoms with Gasteiger partial charge in [-0.25, -0.2) is 4.98 Å². The highest BCUT2D eigenvalue weighted by Gasteiger charge is 2.03. The van der Waals surface area contributed by atoms with Gasteiger partial charge in [0, 0.05) is 18.8 Å². The van der Waals surface area contributed by atoms with Crippen molar-refractivity contribution in [2.75, 3.05) is 26.7 Å². The molecule has 4 nitrogen and oxygen atoms in total. The van der Waals surface area contributed by atoms with Gasteiger partial charge in [-0.1, -0.05) is 6.07 Å². The summed E-state index contributed by atoms with van der Waals surface area (Å²) in [5.74, 6) is 0.687. The highest BCUT2D eigenvalue weighted by atomic mass is 16.5. The van der Waals surface area contributed by atoms with Crippen LogP contribution in [0.1, 0.15) is 13.3 Å². The van der Waals surface area contributed by atoms with E-state index in [0.29, 0.717) is 5.88 Å². The van der Waals surface area contributed by atoms with Gasteiger partial charge in [0.2, 0.25) is 5.88 Å². The Morgan fingerprint density at radius 1 is 1.38 bits per heavy atom. The lowest BCUT2D eigenvalue weighted by Crippen LogP contribution is -2.30. The van der Waals surface area contributed by atoms with Gasteiger partial charge in [-0.15, -0.1) is 0 Å². The van der Waals surface area contributed by atoms with E-state index in [2.05, 4.69) is 15.6 Å². The molecule has 16 heavy (non-hydrogen) atoms. The molecule has 4 heteroatoms. The van der Waals surface area contributed by atoms with Gasteiger partial charge in [0.15, 0.2) is 0 Å². The summed E-state index contributed by atoms with van der Waals surface area (Å²) in [6.07, 6.45) is 3.01. The molecular formula is C12H21N3O. The lowest BCUT2D eigenvalue weighted by molar-refractivity contribution is 0.209. The molecule has 1 heterocycles. The first-order valence-electron chi connectivity index (χ1n) is 5.76. The fourth-order valence-electron chi connectivity index (χ4n) is 1.36. The molecule has 90 valence electrons. The summed E-state index contributed by atoms with van der Waals surface area (Å²) in [6.45, 7) is 4.94. The molecule has 1 rings (SSSR count). The largest absolute Gasteiger partial charge is 0.473 e. The predicted molar refractivity (Wildman–Crippen MR) is 65.7 cm³/mol. The third kappa shape index (κ3) is 5.68. The monoisotopic (exact) mass is 223 g/mol. The zero-order valence-corrected chi connectivity index (χ0v) is 10.1. The van der Waals surface area contributed by atoms with Crippen molar-refractivity contribution in [1.82, 2.24) is 15.6 Å². The average molecular weight is 223 g/mol. The Hall–Kier alpha value is -1.13. The number of aromatic nitrogens is 1. The number of ether oxygens (including phenoxy) is 1. The molecule has 0 saturated carbocycles. The van der Waals surface area contributed by atoms with E-state index < -0.39 is 0 Å². The number of nitrogens with zero attached hydrogens (tertiary/aromatic N) is 1. The first-order chi connectivity index (χ1) is 7.83. The minimum absolute atomic E-state index is 0.143. The second-order valence-electron chi connectivity index (χ2n) is 3.76. The van der Waals surface area contributed by atoms with Crippen molar-refractivity contribution in [2.45, 2.75) is 19.4 Å². The second kappa shape index (κ2) is 8.07. The number of pyridine rings is 1.